The van der Waals surface area contributed by atoms with E-state index in [2.05, 4.69) is 5.32 Å². The maximum absolute atomic E-state index is 14.5. The molecule has 2 N–H and O–H groups in total. The second-order valence-corrected chi connectivity index (χ2v) is 7.57. The van der Waals surface area contributed by atoms with Crippen LogP contribution in [0.15, 0.2) is 29.2 Å². The van der Waals surface area contributed by atoms with E-state index in [9.17, 15) is 18.7 Å². The van der Waals surface area contributed by atoms with E-state index in [4.69, 9.17) is 11.6 Å². The Morgan fingerprint density at radius 2 is 1.96 bits per heavy atom. The summed E-state index contributed by atoms with van der Waals surface area (Å²) in [5.41, 5.74) is 1.50. The summed E-state index contributed by atoms with van der Waals surface area (Å²) in [6.45, 7) is 3.87. The SMILES string of the molecule is CNC(=O)CSc1cc(Cl)c(Cc2ccc(O)c(C(C)C)c2)c(F)c1F. The van der Waals surface area contributed by atoms with Crippen LogP contribution in [0.3, 0.4) is 0 Å². The van der Waals surface area contributed by atoms with Gasteiger partial charge in [0.2, 0.25) is 5.91 Å². The Kier molecular flexibility index (Phi) is 6.89. The Labute approximate surface area is 160 Å². The number of benzene rings is 2. The zero-order valence-electron chi connectivity index (χ0n) is 14.7. The number of phenolic OH excluding ortho intramolecular Hbond substituents is 1. The summed E-state index contributed by atoms with van der Waals surface area (Å²) >= 11 is 7.06. The highest BCUT2D eigenvalue weighted by molar-refractivity contribution is 8.00. The molecule has 2 aromatic carbocycles. The first kappa shape index (κ1) is 20.5. The second kappa shape index (κ2) is 8.73. The molecule has 2 rings (SSSR count). The van der Waals surface area contributed by atoms with Gasteiger partial charge in [-0.3, -0.25) is 4.79 Å². The Morgan fingerprint density at radius 3 is 2.58 bits per heavy atom. The number of thioether (sulfide) groups is 1. The van der Waals surface area contributed by atoms with Crippen molar-refractivity contribution in [3.8, 4) is 5.75 Å². The lowest BCUT2D eigenvalue weighted by Gasteiger charge is -2.13. The van der Waals surface area contributed by atoms with E-state index >= 15 is 0 Å². The van der Waals surface area contributed by atoms with Gasteiger partial charge in [0.15, 0.2) is 11.6 Å². The first-order valence-corrected chi connectivity index (χ1v) is 9.42. The molecule has 0 aliphatic heterocycles. The highest BCUT2D eigenvalue weighted by atomic mass is 35.5. The molecule has 0 fully saturated rings. The first-order valence-electron chi connectivity index (χ1n) is 8.06. The number of amides is 1. The summed E-state index contributed by atoms with van der Waals surface area (Å²) in [5.74, 6) is -2.09. The summed E-state index contributed by atoms with van der Waals surface area (Å²) in [6, 6.07) is 6.30. The van der Waals surface area contributed by atoms with Crippen LogP contribution in [0, 0.1) is 11.6 Å². The number of hydrogen-bond donors (Lipinski definition) is 2. The highest BCUT2D eigenvalue weighted by Gasteiger charge is 2.19. The van der Waals surface area contributed by atoms with Crippen molar-refractivity contribution in [1.82, 2.24) is 5.32 Å². The fraction of sp³-hybridized carbons (Fsp3) is 0.316. The number of hydrogen-bond acceptors (Lipinski definition) is 3. The molecule has 0 atom stereocenters. The van der Waals surface area contributed by atoms with Gasteiger partial charge in [-0.15, -0.1) is 11.8 Å². The van der Waals surface area contributed by atoms with E-state index in [-0.39, 0.29) is 45.2 Å². The molecule has 0 saturated carbocycles. The smallest absolute Gasteiger partial charge is 0.230 e. The molecule has 7 heteroatoms. The molecule has 0 saturated heterocycles. The van der Waals surface area contributed by atoms with E-state index in [1.165, 1.54) is 13.1 Å². The van der Waals surface area contributed by atoms with E-state index in [0.29, 0.717) is 0 Å². The lowest BCUT2D eigenvalue weighted by Crippen LogP contribution is -2.19. The van der Waals surface area contributed by atoms with Crippen molar-refractivity contribution in [3.05, 3.63) is 57.6 Å². The van der Waals surface area contributed by atoms with Crippen molar-refractivity contribution in [3.63, 3.8) is 0 Å². The minimum Gasteiger partial charge on any atom is -0.508 e. The van der Waals surface area contributed by atoms with Crippen LogP contribution in [0.5, 0.6) is 5.75 Å². The van der Waals surface area contributed by atoms with Gasteiger partial charge in [-0.25, -0.2) is 8.78 Å². The minimum absolute atomic E-state index is 0.00609. The van der Waals surface area contributed by atoms with Gasteiger partial charge in [0.1, 0.15) is 5.75 Å². The molecule has 0 spiro atoms. The monoisotopic (exact) mass is 399 g/mol. The molecule has 26 heavy (non-hydrogen) atoms. The Morgan fingerprint density at radius 1 is 1.27 bits per heavy atom. The Balaban J connectivity index is 2.32. The van der Waals surface area contributed by atoms with Crippen LogP contribution in [0.4, 0.5) is 8.78 Å². The standard InChI is InChI=1S/C19H20ClF2NO2S/c1-10(2)12-6-11(4-5-15(12)24)7-13-14(20)8-16(19(22)18(13)21)26-9-17(25)23-3/h4-6,8,10,24H,7,9H2,1-3H3,(H,23,25). The van der Waals surface area contributed by atoms with Gasteiger partial charge < -0.3 is 10.4 Å². The maximum Gasteiger partial charge on any atom is 0.230 e. The number of carbonyl (C=O) groups excluding carboxylic acids is 1. The lowest BCUT2D eigenvalue weighted by molar-refractivity contribution is -0.118. The van der Waals surface area contributed by atoms with E-state index < -0.39 is 11.6 Å². The average Bonchev–Trinajstić information content (AvgIpc) is 2.61. The van der Waals surface area contributed by atoms with Crippen LogP contribution in [-0.4, -0.2) is 23.8 Å². The highest BCUT2D eigenvalue weighted by Crippen LogP contribution is 2.33. The quantitative estimate of drug-likeness (QED) is 0.537. The minimum atomic E-state index is -1.02. The summed E-state index contributed by atoms with van der Waals surface area (Å²) in [5, 5.41) is 12.4. The molecule has 140 valence electrons. The second-order valence-electron chi connectivity index (χ2n) is 6.15. The van der Waals surface area contributed by atoms with E-state index in [1.807, 2.05) is 13.8 Å². The van der Waals surface area contributed by atoms with Gasteiger partial charge in [0.05, 0.1) is 5.75 Å². The molecule has 0 aliphatic rings. The summed E-state index contributed by atoms with van der Waals surface area (Å²) in [6.07, 6.45) is 0.0992. The Bertz CT molecular complexity index is 828. The van der Waals surface area contributed by atoms with Gasteiger partial charge in [-0.2, -0.15) is 0 Å². The fourth-order valence-electron chi connectivity index (χ4n) is 2.47. The first-order chi connectivity index (χ1) is 12.2. The van der Waals surface area contributed by atoms with E-state index in [0.717, 1.165) is 22.9 Å². The van der Waals surface area contributed by atoms with Gasteiger partial charge in [-0.1, -0.05) is 37.6 Å². The molecule has 2 aromatic rings. The van der Waals surface area contributed by atoms with Gasteiger partial charge in [0, 0.05) is 29.0 Å². The molecule has 0 bridgehead atoms. The Hall–Kier alpha value is -1.79. The maximum atomic E-state index is 14.5. The van der Waals surface area contributed by atoms with Gasteiger partial charge >= 0.3 is 0 Å². The number of nitrogens with one attached hydrogen (secondary N) is 1. The van der Waals surface area contributed by atoms with Crippen LogP contribution < -0.4 is 5.32 Å². The van der Waals surface area contributed by atoms with Crippen LogP contribution in [0.2, 0.25) is 5.02 Å². The topological polar surface area (TPSA) is 49.3 Å². The van der Waals surface area contributed by atoms with Crippen LogP contribution in [0.1, 0.15) is 36.5 Å². The third-order valence-electron chi connectivity index (χ3n) is 3.95. The molecule has 0 aliphatic carbocycles. The number of rotatable bonds is 6. The normalized spacial score (nSPS) is 11.0. The average molecular weight is 400 g/mol. The van der Waals surface area contributed by atoms with Crippen molar-refractivity contribution >= 4 is 29.3 Å². The molecule has 3 nitrogen and oxygen atoms in total. The number of phenols is 1. The van der Waals surface area contributed by atoms with E-state index in [1.54, 1.807) is 18.2 Å². The largest absolute Gasteiger partial charge is 0.508 e. The number of halogens is 3. The zero-order valence-corrected chi connectivity index (χ0v) is 16.3. The van der Waals surface area contributed by atoms with Crippen LogP contribution in [0.25, 0.3) is 0 Å². The summed E-state index contributed by atoms with van der Waals surface area (Å²) < 4.78 is 28.9. The molecule has 0 unspecified atom stereocenters. The third-order valence-corrected chi connectivity index (χ3v) is 5.30. The van der Waals surface area contributed by atoms with Gasteiger partial charge in [0.25, 0.3) is 0 Å². The van der Waals surface area contributed by atoms with Crippen molar-refractivity contribution in [2.24, 2.45) is 0 Å². The van der Waals surface area contributed by atoms with Crippen LogP contribution >= 0.6 is 23.4 Å². The number of aromatic hydroxyl groups is 1. The zero-order chi connectivity index (χ0) is 19.4. The van der Waals surface area contributed by atoms with Crippen molar-refractivity contribution in [1.29, 1.82) is 0 Å². The fourth-order valence-corrected chi connectivity index (χ4v) is 3.65. The van der Waals surface area contributed by atoms with Crippen LogP contribution in [-0.2, 0) is 11.2 Å². The predicted octanol–water partition coefficient (Wildman–Crippen LogP) is 4.88. The van der Waals surface area contributed by atoms with Crippen molar-refractivity contribution < 1.29 is 18.7 Å². The number of carbonyl (C=O) groups is 1. The lowest BCUT2D eigenvalue weighted by atomic mass is 9.96. The molecular formula is C19H20ClF2NO2S. The molecule has 0 radical (unpaired) electrons. The predicted molar refractivity (Wildman–Crippen MR) is 101 cm³/mol. The van der Waals surface area contributed by atoms with Crippen molar-refractivity contribution in [2.45, 2.75) is 31.1 Å². The van der Waals surface area contributed by atoms with Crippen molar-refractivity contribution in [2.75, 3.05) is 12.8 Å². The molecule has 1 amide bonds. The summed E-state index contributed by atoms with van der Waals surface area (Å²) in [7, 11) is 1.47. The molecule has 0 aromatic heterocycles. The molecular weight excluding hydrogens is 380 g/mol. The summed E-state index contributed by atoms with van der Waals surface area (Å²) in [4.78, 5) is 11.3. The molecule has 0 heterocycles. The third kappa shape index (κ3) is 4.68. The van der Waals surface area contributed by atoms with Gasteiger partial charge in [-0.05, 0) is 29.2 Å².